The standard InChI is InChI=1S/C19H21NO4/c1-24-13-17(19(22)23)20-18(21)16-10-6-5-9-15(16)12-11-14-7-3-2-4-8-14/h2-10,17H,11-13H2,1H3,(H,20,21)(H,22,23). The average molecular weight is 327 g/mol. The summed E-state index contributed by atoms with van der Waals surface area (Å²) in [6, 6.07) is 16.2. The van der Waals surface area contributed by atoms with Crippen molar-refractivity contribution < 1.29 is 19.4 Å². The molecule has 0 saturated heterocycles. The van der Waals surface area contributed by atoms with Crippen LogP contribution in [0.3, 0.4) is 0 Å². The first kappa shape index (κ1) is 17.7. The molecule has 0 aromatic heterocycles. The maximum atomic E-state index is 12.4. The van der Waals surface area contributed by atoms with Crippen LogP contribution in [0.15, 0.2) is 54.6 Å². The molecule has 0 spiro atoms. The summed E-state index contributed by atoms with van der Waals surface area (Å²) in [5.74, 6) is -1.52. The highest BCUT2D eigenvalue weighted by Crippen LogP contribution is 2.13. The first-order valence-corrected chi connectivity index (χ1v) is 7.76. The highest BCUT2D eigenvalue weighted by atomic mass is 16.5. The van der Waals surface area contributed by atoms with Crippen LogP contribution in [0.4, 0.5) is 0 Å². The van der Waals surface area contributed by atoms with Crippen molar-refractivity contribution in [3.8, 4) is 0 Å². The summed E-state index contributed by atoms with van der Waals surface area (Å²) >= 11 is 0. The van der Waals surface area contributed by atoms with Crippen LogP contribution >= 0.6 is 0 Å². The highest BCUT2D eigenvalue weighted by molar-refractivity contribution is 5.97. The third-order valence-corrected chi connectivity index (χ3v) is 3.72. The van der Waals surface area contributed by atoms with E-state index < -0.39 is 17.9 Å². The Morgan fingerprint density at radius 1 is 1.04 bits per heavy atom. The fourth-order valence-corrected chi connectivity index (χ4v) is 2.46. The van der Waals surface area contributed by atoms with Crippen LogP contribution in [0.1, 0.15) is 21.5 Å². The second-order valence-electron chi connectivity index (χ2n) is 5.46. The number of carboxylic acids is 1. The van der Waals surface area contributed by atoms with Crippen molar-refractivity contribution in [3.63, 3.8) is 0 Å². The van der Waals surface area contributed by atoms with Gasteiger partial charge in [-0.3, -0.25) is 4.79 Å². The van der Waals surface area contributed by atoms with Gasteiger partial charge < -0.3 is 15.2 Å². The zero-order valence-corrected chi connectivity index (χ0v) is 13.6. The maximum Gasteiger partial charge on any atom is 0.328 e. The molecule has 5 nitrogen and oxygen atoms in total. The SMILES string of the molecule is COCC(NC(=O)c1ccccc1CCc1ccccc1)C(=O)O. The number of carboxylic acid groups (broad SMARTS) is 1. The minimum Gasteiger partial charge on any atom is -0.480 e. The van der Waals surface area contributed by atoms with Crippen molar-refractivity contribution in [2.75, 3.05) is 13.7 Å². The molecular formula is C19H21NO4. The van der Waals surface area contributed by atoms with Gasteiger partial charge in [0.05, 0.1) is 6.61 Å². The number of methoxy groups -OCH3 is 1. The van der Waals surface area contributed by atoms with Crippen molar-refractivity contribution in [2.45, 2.75) is 18.9 Å². The molecule has 0 aliphatic carbocycles. The van der Waals surface area contributed by atoms with E-state index >= 15 is 0 Å². The predicted molar refractivity (Wildman–Crippen MR) is 91.1 cm³/mol. The molecule has 0 bridgehead atoms. The van der Waals surface area contributed by atoms with E-state index in [1.54, 1.807) is 12.1 Å². The van der Waals surface area contributed by atoms with Crippen LogP contribution in [0.25, 0.3) is 0 Å². The van der Waals surface area contributed by atoms with Crippen LogP contribution in [-0.4, -0.2) is 36.7 Å². The Balaban J connectivity index is 2.09. The van der Waals surface area contributed by atoms with Gasteiger partial charge in [0.15, 0.2) is 6.04 Å². The molecule has 0 aliphatic rings. The number of hydrogen-bond acceptors (Lipinski definition) is 3. The van der Waals surface area contributed by atoms with Gasteiger partial charge in [0, 0.05) is 12.7 Å². The zero-order valence-electron chi connectivity index (χ0n) is 13.6. The van der Waals surface area contributed by atoms with Gasteiger partial charge in [-0.15, -0.1) is 0 Å². The van der Waals surface area contributed by atoms with Crippen LogP contribution in [0, 0.1) is 0 Å². The van der Waals surface area contributed by atoms with Gasteiger partial charge in [-0.1, -0.05) is 48.5 Å². The summed E-state index contributed by atoms with van der Waals surface area (Å²) < 4.78 is 4.84. The van der Waals surface area contributed by atoms with Gasteiger partial charge in [-0.2, -0.15) is 0 Å². The monoisotopic (exact) mass is 327 g/mol. The number of nitrogens with one attached hydrogen (secondary N) is 1. The minimum atomic E-state index is -1.12. The number of amides is 1. The Morgan fingerprint density at radius 2 is 1.71 bits per heavy atom. The van der Waals surface area contributed by atoms with Crippen molar-refractivity contribution in [2.24, 2.45) is 0 Å². The molecule has 1 unspecified atom stereocenters. The van der Waals surface area contributed by atoms with Crippen molar-refractivity contribution in [1.29, 1.82) is 0 Å². The average Bonchev–Trinajstić information content (AvgIpc) is 2.60. The minimum absolute atomic E-state index is 0.0761. The van der Waals surface area contributed by atoms with Gasteiger partial charge in [0.25, 0.3) is 5.91 Å². The molecule has 0 saturated carbocycles. The summed E-state index contributed by atoms with van der Waals surface area (Å²) in [5.41, 5.74) is 2.58. The number of benzene rings is 2. The molecule has 0 aliphatic heterocycles. The van der Waals surface area contributed by atoms with Crippen LogP contribution in [0.5, 0.6) is 0 Å². The smallest absolute Gasteiger partial charge is 0.328 e. The molecule has 0 fully saturated rings. The number of ether oxygens (including phenoxy) is 1. The lowest BCUT2D eigenvalue weighted by molar-refractivity contribution is -0.140. The van der Waals surface area contributed by atoms with Crippen LogP contribution in [0.2, 0.25) is 0 Å². The largest absolute Gasteiger partial charge is 0.480 e. The molecule has 1 amide bonds. The van der Waals surface area contributed by atoms with Gasteiger partial charge >= 0.3 is 5.97 Å². The Morgan fingerprint density at radius 3 is 2.38 bits per heavy atom. The summed E-state index contributed by atoms with van der Waals surface area (Å²) in [7, 11) is 1.40. The molecular weight excluding hydrogens is 306 g/mol. The summed E-state index contributed by atoms with van der Waals surface area (Å²) in [6.07, 6.45) is 1.52. The van der Waals surface area contributed by atoms with Gasteiger partial charge in [0.2, 0.25) is 0 Å². The van der Waals surface area contributed by atoms with E-state index in [-0.39, 0.29) is 6.61 Å². The second kappa shape index (κ2) is 8.84. The van der Waals surface area contributed by atoms with Crippen molar-refractivity contribution in [3.05, 3.63) is 71.3 Å². The zero-order chi connectivity index (χ0) is 17.4. The molecule has 2 N–H and O–H groups in total. The highest BCUT2D eigenvalue weighted by Gasteiger charge is 2.21. The molecule has 24 heavy (non-hydrogen) atoms. The number of rotatable bonds is 8. The van der Waals surface area contributed by atoms with E-state index in [4.69, 9.17) is 9.84 Å². The second-order valence-corrected chi connectivity index (χ2v) is 5.46. The number of hydrogen-bond donors (Lipinski definition) is 2. The molecule has 2 aromatic carbocycles. The van der Waals surface area contributed by atoms with Crippen LogP contribution in [-0.2, 0) is 22.4 Å². The van der Waals surface area contributed by atoms with E-state index in [1.807, 2.05) is 42.5 Å². The van der Waals surface area contributed by atoms with Crippen LogP contribution < -0.4 is 5.32 Å². The first-order chi connectivity index (χ1) is 11.6. The third-order valence-electron chi connectivity index (χ3n) is 3.72. The Bertz CT molecular complexity index is 685. The first-order valence-electron chi connectivity index (χ1n) is 7.76. The van der Waals surface area contributed by atoms with E-state index in [2.05, 4.69) is 5.32 Å². The number of carbonyl (C=O) groups excluding carboxylic acids is 1. The summed E-state index contributed by atoms with van der Waals surface area (Å²) in [5, 5.41) is 11.6. The molecule has 2 aromatic rings. The van der Waals surface area contributed by atoms with Crippen molar-refractivity contribution >= 4 is 11.9 Å². The predicted octanol–water partition coefficient (Wildman–Crippen LogP) is 2.30. The lowest BCUT2D eigenvalue weighted by Crippen LogP contribution is -2.44. The van der Waals surface area contributed by atoms with E-state index in [1.165, 1.54) is 12.7 Å². The number of aryl methyl sites for hydroxylation is 2. The quantitative estimate of drug-likeness (QED) is 0.780. The summed E-state index contributed by atoms with van der Waals surface area (Å²) in [4.78, 5) is 23.6. The normalized spacial score (nSPS) is 11.7. The molecule has 0 radical (unpaired) electrons. The lowest BCUT2D eigenvalue weighted by atomic mass is 9.99. The molecule has 1 atom stereocenters. The fourth-order valence-electron chi connectivity index (χ4n) is 2.46. The molecule has 2 rings (SSSR count). The van der Waals surface area contributed by atoms with E-state index in [0.29, 0.717) is 12.0 Å². The fraction of sp³-hybridized carbons (Fsp3) is 0.263. The summed E-state index contributed by atoms with van der Waals surface area (Å²) in [6.45, 7) is -0.0761. The maximum absolute atomic E-state index is 12.4. The van der Waals surface area contributed by atoms with Crippen molar-refractivity contribution in [1.82, 2.24) is 5.32 Å². The Kier molecular flexibility index (Phi) is 6.51. The van der Waals surface area contributed by atoms with Gasteiger partial charge in [0.1, 0.15) is 0 Å². The number of aliphatic carboxylic acids is 1. The van der Waals surface area contributed by atoms with Gasteiger partial charge in [-0.05, 0) is 30.0 Å². The number of carbonyl (C=O) groups is 2. The topological polar surface area (TPSA) is 75.6 Å². The van der Waals surface area contributed by atoms with E-state index in [0.717, 1.165) is 12.0 Å². The molecule has 0 heterocycles. The molecule has 126 valence electrons. The Hall–Kier alpha value is -2.66. The lowest BCUT2D eigenvalue weighted by Gasteiger charge is -2.15. The van der Waals surface area contributed by atoms with Gasteiger partial charge in [-0.25, -0.2) is 4.79 Å². The van der Waals surface area contributed by atoms with E-state index in [9.17, 15) is 9.59 Å². The molecule has 5 heteroatoms. The Labute approximate surface area is 141 Å². The third kappa shape index (κ3) is 4.93.